The first-order valence-electron chi connectivity index (χ1n) is 18.4. The third kappa shape index (κ3) is 3.46. The Hall–Kier alpha value is -6.31. The predicted molar refractivity (Wildman–Crippen MR) is 223 cm³/mol. The van der Waals surface area contributed by atoms with Crippen LogP contribution in [-0.4, -0.2) is 4.98 Å². The van der Waals surface area contributed by atoms with Gasteiger partial charge in [-0.2, -0.15) is 0 Å². The summed E-state index contributed by atoms with van der Waals surface area (Å²) in [6.07, 6.45) is 1.93. The lowest BCUT2D eigenvalue weighted by molar-refractivity contribution is 1.34. The molecular formula is C51H33N. The van der Waals surface area contributed by atoms with Gasteiger partial charge in [0.25, 0.3) is 0 Å². The SMILES string of the molecule is Cc1ccc2c(c1)c(-c1cc3c4ccc(C)c5c4c(cc3c3ccc(C)cc13)-c1ncccc1-5)cc1c3ccc(C)c4c3c(cc21)-c1ccccc1-4. The van der Waals surface area contributed by atoms with Crippen molar-refractivity contribution in [2.45, 2.75) is 27.7 Å². The third-order valence-electron chi connectivity index (χ3n) is 12.3. The Labute approximate surface area is 301 Å². The average molecular weight is 660 g/mol. The third-order valence-corrected chi connectivity index (χ3v) is 12.3. The number of fused-ring (bicyclic) bond motifs is 14. The van der Waals surface area contributed by atoms with Crippen LogP contribution < -0.4 is 0 Å². The number of aromatic nitrogens is 1. The lowest BCUT2D eigenvalue weighted by atomic mass is 9.84. The van der Waals surface area contributed by atoms with Gasteiger partial charge in [0, 0.05) is 17.3 Å². The average Bonchev–Trinajstić information content (AvgIpc) is 3.68. The Balaban J connectivity index is 1.27. The molecule has 1 aromatic heterocycles. The predicted octanol–water partition coefficient (Wildman–Crippen LogP) is 14.2. The van der Waals surface area contributed by atoms with E-state index in [1.54, 1.807) is 0 Å². The van der Waals surface area contributed by atoms with Gasteiger partial charge in [-0.25, -0.2) is 0 Å². The van der Waals surface area contributed by atoms with Gasteiger partial charge in [0.05, 0.1) is 5.69 Å². The van der Waals surface area contributed by atoms with Crippen LogP contribution in [0.4, 0.5) is 0 Å². The molecule has 0 saturated heterocycles. The first kappa shape index (κ1) is 28.4. The molecule has 1 nitrogen and oxygen atoms in total. The number of aryl methyl sites for hydroxylation is 4. The first-order chi connectivity index (χ1) is 25.4. The molecule has 0 bridgehead atoms. The smallest absolute Gasteiger partial charge is 0.0787 e. The first-order valence-corrected chi connectivity index (χ1v) is 18.4. The van der Waals surface area contributed by atoms with Gasteiger partial charge in [0.1, 0.15) is 0 Å². The van der Waals surface area contributed by atoms with Crippen molar-refractivity contribution in [1.82, 2.24) is 4.98 Å². The molecule has 0 radical (unpaired) electrons. The molecule has 1 heterocycles. The topological polar surface area (TPSA) is 12.9 Å². The number of benzene rings is 9. The van der Waals surface area contributed by atoms with Crippen LogP contribution in [0.5, 0.6) is 0 Å². The highest BCUT2D eigenvalue weighted by atomic mass is 14.7. The van der Waals surface area contributed by atoms with Crippen molar-refractivity contribution in [3.05, 3.63) is 150 Å². The quantitative estimate of drug-likeness (QED) is 0.160. The van der Waals surface area contributed by atoms with E-state index < -0.39 is 0 Å². The fraction of sp³-hybridized carbons (Fsp3) is 0.0784. The summed E-state index contributed by atoms with van der Waals surface area (Å²) in [6.45, 7) is 8.94. The van der Waals surface area contributed by atoms with Gasteiger partial charge in [-0.3, -0.25) is 4.98 Å². The fourth-order valence-corrected chi connectivity index (χ4v) is 10.0. The molecule has 0 amide bonds. The highest BCUT2D eigenvalue weighted by molar-refractivity contribution is 6.32. The Bertz CT molecular complexity index is 3100. The monoisotopic (exact) mass is 659 g/mol. The summed E-state index contributed by atoms with van der Waals surface area (Å²) in [5.41, 5.74) is 18.1. The van der Waals surface area contributed by atoms with Crippen LogP contribution >= 0.6 is 0 Å². The van der Waals surface area contributed by atoms with Crippen molar-refractivity contribution < 1.29 is 0 Å². The highest BCUT2D eigenvalue weighted by Gasteiger charge is 2.28. The van der Waals surface area contributed by atoms with Crippen molar-refractivity contribution in [1.29, 1.82) is 0 Å². The maximum Gasteiger partial charge on any atom is 0.0787 e. The van der Waals surface area contributed by atoms with Gasteiger partial charge in [0.15, 0.2) is 0 Å². The van der Waals surface area contributed by atoms with E-state index in [9.17, 15) is 0 Å². The summed E-state index contributed by atoms with van der Waals surface area (Å²) in [7, 11) is 0. The summed E-state index contributed by atoms with van der Waals surface area (Å²) < 4.78 is 0. The van der Waals surface area contributed by atoms with Gasteiger partial charge in [-0.05, 0) is 173 Å². The van der Waals surface area contributed by atoms with Crippen LogP contribution in [0.15, 0.2) is 128 Å². The maximum atomic E-state index is 4.94. The second kappa shape index (κ2) is 9.72. The zero-order chi connectivity index (χ0) is 34.6. The van der Waals surface area contributed by atoms with Gasteiger partial charge in [-0.1, -0.05) is 102 Å². The van der Waals surface area contributed by atoms with Crippen LogP contribution in [0.2, 0.25) is 0 Å². The zero-order valence-electron chi connectivity index (χ0n) is 29.6. The summed E-state index contributed by atoms with van der Waals surface area (Å²) >= 11 is 0. The largest absolute Gasteiger partial charge is 0.256 e. The summed E-state index contributed by atoms with van der Waals surface area (Å²) in [5, 5.41) is 15.8. The molecule has 0 aliphatic heterocycles. The summed E-state index contributed by atoms with van der Waals surface area (Å²) in [6, 6.07) is 46.6. The number of hydrogen-bond donors (Lipinski definition) is 0. The highest BCUT2D eigenvalue weighted by Crippen LogP contribution is 2.54. The lowest BCUT2D eigenvalue weighted by Crippen LogP contribution is -1.92. The number of pyridine rings is 1. The molecule has 0 spiro atoms. The van der Waals surface area contributed by atoms with Crippen molar-refractivity contribution in [3.63, 3.8) is 0 Å². The van der Waals surface area contributed by atoms with E-state index in [2.05, 4.69) is 149 Å². The van der Waals surface area contributed by atoms with Gasteiger partial charge < -0.3 is 0 Å². The van der Waals surface area contributed by atoms with Crippen LogP contribution in [-0.2, 0) is 0 Å². The zero-order valence-corrected chi connectivity index (χ0v) is 29.6. The van der Waals surface area contributed by atoms with E-state index in [1.807, 2.05) is 6.20 Å². The molecule has 242 valence electrons. The minimum absolute atomic E-state index is 1.10. The molecule has 52 heavy (non-hydrogen) atoms. The Morgan fingerprint density at radius 3 is 1.44 bits per heavy atom. The molecule has 9 aromatic carbocycles. The molecule has 0 N–H and O–H groups in total. The Kier molecular flexibility index (Phi) is 5.31. The van der Waals surface area contributed by atoms with Crippen LogP contribution in [0, 0.1) is 27.7 Å². The lowest BCUT2D eigenvalue weighted by Gasteiger charge is -2.19. The van der Waals surface area contributed by atoms with Crippen LogP contribution in [0.25, 0.3) is 120 Å². The Morgan fingerprint density at radius 1 is 0.327 bits per heavy atom. The standard InChI is InChI=1S/C51H33N/c1-26-11-15-31-37(20-26)43(22-41-34-17-13-28(3)47-33-9-6-5-8-30(33)45(49(34)47)24-39(31)41)44-23-42-35-18-14-29(4)48-36-10-7-19-52-51(36)46(50(35)48)25-40(42)32-16-12-27(2)21-38(32)44/h5-25H,1-4H3. The maximum absolute atomic E-state index is 4.94. The summed E-state index contributed by atoms with van der Waals surface area (Å²) in [5.74, 6) is 0. The molecule has 0 fully saturated rings. The normalized spacial score (nSPS) is 12.6. The van der Waals surface area contributed by atoms with Crippen LogP contribution in [0.1, 0.15) is 22.3 Å². The van der Waals surface area contributed by atoms with E-state index in [-0.39, 0.29) is 0 Å². The minimum Gasteiger partial charge on any atom is -0.256 e. The van der Waals surface area contributed by atoms with Crippen molar-refractivity contribution >= 4 is 64.6 Å². The Morgan fingerprint density at radius 2 is 0.808 bits per heavy atom. The molecule has 0 unspecified atom stereocenters. The van der Waals surface area contributed by atoms with E-state index in [4.69, 9.17) is 4.98 Å². The van der Waals surface area contributed by atoms with E-state index in [0.717, 1.165) is 5.69 Å². The second-order valence-corrected chi connectivity index (χ2v) is 15.3. The van der Waals surface area contributed by atoms with Crippen molar-refractivity contribution in [2.75, 3.05) is 0 Å². The van der Waals surface area contributed by atoms with Gasteiger partial charge in [0.2, 0.25) is 0 Å². The second-order valence-electron chi connectivity index (χ2n) is 15.3. The molecule has 2 aliphatic carbocycles. The molecule has 12 rings (SSSR count). The fourth-order valence-electron chi connectivity index (χ4n) is 10.0. The van der Waals surface area contributed by atoms with Crippen molar-refractivity contribution in [3.8, 4) is 55.8 Å². The molecule has 0 atom stereocenters. The van der Waals surface area contributed by atoms with Crippen molar-refractivity contribution in [2.24, 2.45) is 0 Å². The van der Waals surface area contributed by atoms with E-state index in [0.29, 0.717) is 0 Å². The van der Waals surface area contributed by atoms with Gasteiger partial charge >= 0.3 is 0 Å². The van der Waals surface area contributed by atoms with Crippen LogP contribution in [0.3, 0.4) is 0 Å². The summed E-state index contributed by atoms with van der Waals surface area (Å²) in [4.78, 5) is 4.94. The molecule has 2 aliphatic rings. The minimum atomic E-state index is 1.10. The van der Waals surface area contributed by atoms with E-state index >= 15 is 0 Å². The van der Waals surface area contributed by atoms with Gasteiger partial charge in [-0.15, -0.1) is 0 Å². The number of nitrogens with zero attached hydrogens (tertiary/aromatic N) is 1. The molecule has 0 saturated carbocycles. The number of rotatable bonds is 1. The number of hydrogen-bond acceptors (Lipinski definition) is 1. The molecule has 10 aromatic rings. The molecular weight excluding hydrogens is 627 g/mol. The molecule has 1 heteroatoms. The van der Waals surface area contributed by atoms with E-state index in [1.165, 1.54) is 137 Å².